The van der Waals surface area contributed by atoms with E-state index in [-0.39, 0.29) is 29.8 Å². The third-order valence-electron chi connectivity index (χ3n) is 6.33. The number of carbonyl (C=O) groups is 2. The number of hydrogen-bond acceptors (Lipinski definition) is 6. The summed E-state index contributed by atoms with van der Waals surface area (Å²) in [5.41, 5.74) is 0.742. The second-order valence-electron chi connectivity index (χ2n) is 9.29. The zero-order valence-electron chi connectivity index (χ0n) is 21.9. The number of carbonyl (C=O) groups excluding carboxylic acids is 2. The zero-order valence-corrected chi connectivity index (χ0v) is 22.7. The summed E-state index contributed by atoms with van der Waals surface area (Å²) in [5.74, 6) is -0.722. The van der Waals surface area contributed by atoms with Crippen molar-refractivity contribution in [3.8, 4) is 16.9 Å². The molecule has 0 bridgehead atoms. The molecule has 0 aromatic heterocycles. The van der Waals surface area contributed by atoms with Crippen molar-refractivity contribution in [3.05, 3.63) is 83.4 Å². The average molecular weight is 576 g/mol. The molecule has 40 heavy (non-hydrogen) atoms. The summed E-state index contributed by atoms with van der Waals surface area (Å²) in [6.45, 7) is 3.61. The molecule has 4 rings (SSSR count). The Balaban J connectivity index is 1.49. The Morgan fingerprint density at radius 1 is 0.900 bits per heavy atom. The Bertz CT molecular complexity index is 1500. The number of anilines is 1. The molecule has 1 N–H and O–H groups in total. The second kappa shape index (κ2) is 11.6. The molecule has 12 heteroatoms. The Labute approximate surface area is 230 Å². The predicted molar refractivity (Wildman–Crippen MR) is 145 cm³/mol. The number of benzene rings is 3. The van der Waals surface area contributed by atoms with Crippen molar-refractivity contribution < 1.29 is 35.9 Å². The van der Waals surface area contributed by atoms with Crippen LogP contribution in [0.2, 0.25) is 0 Å². The molecule has 0 aliphatic carbocycles. The summed E-state index contributed by atoms with van der Waals surface area (Å²) in [6, 6.07) is 16.4. The number of nitrogens with one attached hydrogen (secondary N) is 1. The summed E-state index contributed by atoms with van der Waals surface area (Å²) in [5, 5.41) is 0. The van der Waals surface area contributed by atoms with Gasteiger partial charge in [0.2, 0.25) is 10.0 Å². The first-order valence-corrected chi connectivity index (χ1v) is 14.3. The Hall–Kier alpha value is -4.06. The Morgan fingerprint density at radius 3 is 2.17 bits per heavy atom. The topological polar surface area (TPSA) is 96.0 Å². The number of amides is 2. The van der Waals surface area contributed by atoms with E-state index in [9.17, 15) is 31.2 Å². The van der Waals surface area contributed by atoms with Crippen molar-refractivity contribution in [2.75, 3.05) is 43.9 Å². The maximum atomic E-state index is 13.8. The molecule has 212 valence electrons. The van der Waals surface area contributed by atoms with Crippen LogP contribution >= 0.6 is 0 Å². The molecule has 0 spiro atoms. The van der Waals surface area contributed by atoms with Crippen molar-refractivity contribution in [2.45, 2.75) is 13.1 Å². The van der Waals surface area contributed by atoms with Gasteiger partial charge >= 0.3 is 6.18 Å². The van der Waals surface area contributed by atoms with Gasteiger partial charge in [0.25, 0.3) is 11.8 Å². The highest BCUT2D eigenvalue weighted by Gasteiger charge is 2.33. The third-order valence-corrected chi connectivity index (χ3v) is 6.88. The number of sulfonamides is 1. The van der Waals surface area contributed by atoms with Gasteiger partial charge in [-0.15, -0.1) is 0 Å². The lowest BCUT2D eigenvalue weighted by Crippen LogP contribution is -2.48. The fourth-order valence-corrected chi connectivity index (χ4v) is 4.87. The van der Waals surface area contributed by atoms with E-state index >= 15 is 0 Å². The standard InChI is InChI=1S/C28H28F3N3O5S/c1-3-39-25-6-4-5-20(18-25)21-15-22(17-23(16-21)28(29,30)31)27(36)34-13-11-33(12-14-34)24-9-7-19(8-10-24)26(35)32-40(2,37)38/h4-10,15-18H,3,11-14H2,1-2H3,(H,32,35). The summed E-state index contributed by atoms with van der Waals surface area (Å²) in [7, 11) is -3.69. The van der Waals surface area contributed by atoms with E-state index in [2.05, 4.69) is 0 Å². The van der Waals surface area contributed by atoms with E-state index in [0.29, 0.717) is 31.0 Å². The van der Waals surface area contributed by atoms with Crippen LogP contribution in [0.3, 0.4) is 0 Å². The largest absolute Gasteiger partial charge is 0.494 e. The van der Waals surface area contributed by atoms with E-state index in [0.717, 1.165) is 24.1 Å². The number of hydrogen-bond donors (Lipinski definition) is 1. The molecule has 1 heterocycles. The van der Waals surface area contributed by atoms with Crippen molar-refractivity contribution in [3.63, 3.8) is 0 Å². The zero-order chi connectivity index (χ0) is 29.1. The van der Waals surface area contributed by atoms with Gasteiger partial charge in [-0.3, -0.25) is 9.59 Å². The highest BCUT2D eigenvalue weighted by Crippen LogP contribution is 2.35. The molecule has 0 atom stereocenters. The SMILES string of the molecule is CCOc1cccc(-c2cc(C(=O)N3CCN(c4ccc(C(=O)NS(C)(=O)=O)cc4)CC3)cc(C(F)(F)F)c2)c1. The van der Waals surface area contributed by atoms with Crippen LogP contribution in [0, 0.1) is 0 Å². The molecular formula is C28H28F3N3O5S. The van der Waals surface area contributed by atoms with Gasteiger partial charge in [-0.05, 0) is 72.6 Å². The summed E-state index contributed by atoms with van der Waals surface area (Å²) in [4.78, 5) is 28.8. The summed E-state index contributed by atoms with van der Waals surface area (Å²) < 4.78 is 71.2. The predicted octanol–water partition coefficient (Wildman–Crippen LogP) is 4.42. The smallest absolute Gasteiger partial charge is 0.416 e. The van der Waals surface area contributed by atoms with Gasteiger partial charge in [-0.2, -0.15) is 13.2 Å². The monoisotopic (exact) mass is 575 g/mol. The van der Waals surface area contributed by atoms with Crippen LogP contribution in [0.5, 0.6) is 5.75 Å². The maximum absolute atomic E-state index is 13.8. The number of nitrogens with zero attached hydrogens (tertiary/aromatic N) is 2. The number of ether oxygens (including phenoxy) is 1. The van der Waals surface area contributed by atoms with Crippen LogP contribution in [0.1, 0.15) is 33.2 Å². The average Bonchev–Trinajstić information content (AvgIpc) is 2.91. The molecular weight excluding hydrogens is 547 g/mol. The van der Waals surface area contributed by atoms with Crippen LogP contribution in [-0.4, -0.2) is 64.2 Å². The maximum Gasteiger partial charge on any atom is 0.416 e. The van der Waals surface area contributed by atoms with Crippen LogP contribution in [0.25, 0.3) is 11.1 Å². The van der Waals surface area contributed by atoms with Gasteiger partial charge in [-0.25, -0.2) is 13.1 Å². The van der Waals surface area contributed by atoms with Crippen molar-refractivity contribution in [1.82, 2.24) is 9.62 Å². The Kier molecular flexibility index (Phi) is 8.38. The van der Waals surface area contributed by atoms with E-state index in [4.69, 9.17) is 4.74 Å². The highest BCUT2D eigenvalue weighted by atomic mass is 32.2. The summed E-state index contributed by atoms with van der Waals surface area (Å²) >= 11 is 0. The van der Waals surface area contributed by atoms with Crippen LogP contribution in [0.15, 0.2) is 66.7 Å². The molecule has 3 aromatic rings. The van der Waals surface area contributed by atoms with Crippen molar-refractivity contribution in [1.29, 1.82) is 0 Å². The van der Waals surface area contributed by atoms with E-state index < -0.39 is 33.6 Å². The van der Waals surface area contributed by atoms with E-state index in [1.54, 1.807) is 36.4 Å². The van der Waals surface area contributed by atoms with Crippen molar-refractivity contribution >= 4 is 27.5 Å². The van der Waals surface area contributed by atoms with Crippen LogP contribution in [-0.2, 0) is 16.2 Å². The lowest BCUT2D eigenvalue weighted by Gasteiger charge is -2.36. The minimum atomic E-state index is -4.63. The minimum absolute atomic E-state index is 0.0543. The normalized spacial score (nSPS) is 14.1. The number of rotatable bonds is 7. The van der Waals surface area contributed by atoms with E-state index in [1.807, 2.05) is 16.5 Å². The lowest BCUT2D eigenvalue weighted by atomic mass is 9.98. The molecule has 8 nitrogen and oxygen atoms in total. The fraction of sp³-hybridized carbons (Fsp3) is 0.286. The van der Waals surface area contributed by atoms with Gasteiger partial charge in [0.05, 0.1) is 18.4 Å². The second-order valence-corrected chi connectivity index (χ2v) is 11.0. The number of alkyl halides is 3. The van der Waals surface area contributed by atoms with Gasteiger partial charge in [0.1, 0.15) is 5.75 Å². The minimum Gasteiger partial charge on any atom is -0.494 e. The molecule has 2 amide bonds. The number of halogens is 3. The molecule has 0 radical (unpaired) electrons. The van der Waals surface area contributed by atoms with Gasteiger partial charge in [0, 0.05) is 43.0 Å². The number of piperazine rings is 1. The molecule has 0 unspecified atom stereocenters. The first-order chi connectivity index (χ1) is 18.8. The molecule has 1 fully saturated rings. The highest BCUT2D eigenvalue weighted by molar-refractivity contribution is 7.89. The third kappa shape index (κ3) is 7.12. The molecule has 1 aliphatic rings. The molecule has 1 aliphatic heterocycles. The van der Waals surface area contributed by atoms with E-state index in [1.165, 1.54) is 23.1 Å². The van der Waals surface area contributed by atoms with Crippen LogP contribution < -0.4 is 14.4 Å². The van der Waals surface area contributed by atoms with Crippen molar-refractivity contribution in [2.24, 2.45) is 0 Å². The fourth-order valence-electron chi connectivity index (χ4n) is 4.41. The van der Waals surface area contributed by atoms with Gasteiger partial charge in [-0.1, -0.05) is 12.1 Å². The first-order valence-electron chi connectivity index (χ1n) is 12.5. The molecule has 3 aromatic carbocycles. The Morgan fingerprint density at radius 2 is 1.57 bits per heavy atom. The summed E-state index contributed by atoms with van der Waals surface area (Å²) in [6.07, 6.45) is -3.74. The molecule has 0 saturated carbocycles. The quantitative estimate of drug-likeness (QED) is 0.448. The lowest BCUT2D eigenvalue weighted by molar-refractivity contribution is -0.137. The van der Waals surface area contributed by atoms with Gasteiger partial charge in [0.15, 0.2) is 0 Å². The molecule has 1 saturated heterocycles. The van der Waals surface area contributed by atoms with Crippen LogP contribution in [0.4, 0.5) is 18.9 Å². The van der Waals surface area contributed by atoms with Gasteiger partial charge < -0.3 is 14.5 Å². The first kappa shape index (κ1) is 28.9.